The fourth-order valence-corrected chi connectivity index (χ4v) is 1.35. The molecule has 0 saturated heterocycles. The minimum absolute atomic E-state index is 0.741. The molecule has 0 saturated carbocycles. The number of aryl methyl sites for hydroxylation is 1. The second-order valence-electron chi connectivity index (χ2n) is 3.58. The van der Waals surface area contributed by atoms with Gasteiger partial charge in [0.05, 0.1) is 11.6 Å². The van der Waals surface area contributed by atoms with Gasteiger partial charge in [-0.1, -0.05) is 13.0 Å². The van der Waals surface area contributed by atoms with E-state index in [0.29, 0.717) is 0 Å². The SMILES string of the molecule is CCN(C)Cc1ccc(C#N)cc1C. The number of nitrogens with zero attached hydrogens (tertiary/aromatic N) is 2. The summed E-state index contributed by atoms with van der Waals surface area (Å²) in [6, 6.07) is 8.01. The van der Waals surface area contributed by atoms with Gasteiger partial charge in [-0.2, -0.15) is 5.26 Å². The maximum atomic E-state index is 8.72. The predicted molar refractivity (Wildman–Crippen MR) is 57.9 cm³/mol. The molecule has 14 heavy (non-hydrogen) atoms. The van der Waals surface area contributed by atoms with Gasteiger partial charge in [0.2, 0.25) is 0 Å². The van der Waals surface area contributed by atoms with Gasteiger partial charge in [0.1, 0.15) is 0 Å². The van der Waals surface area contributed by atoms with E-state index in [4.69, 9.17) is 5.26 Å². The summed E-state index contributed by atoms with van der Waals surface area (Å²) in [6.07, 6.45) is 0. The van der Waals surface area contributed by atoms with Crippen molar-refractivity contribution in [3.63, 3.8) is 0 Å². The van der Waals surface area contributed by atoms with E-state index in [1.165, 1.54) is 11.1 Å². The van der Waals surface area contributed by atoms with Crippen molar-refractivity contribution in [2.24, 2.45) is 0 Å². The summed E-state index contributed by atoms with van der Waals surface area (Å²) in [5.41, 5.74) is 3.24. The number of nitriles is 1. The zero-order chi connectivity index (χ0) is 10.6. The van der Waals surface area contributed by atoms with Gasteiger partial charge < -0.3 is 4.90 Å². The van der Waals surface area contributed by atoms with Crippen molar-refractivity contribution < 1.29 is 0 Å². The van der Waals surface area contributed by atoms with E-state index < -0.39 is 0 Å². The lowest BCUT2D eigenvalue weighted by Crippen LogP contribution is -2.17. The number of hydrogen-bond acceptors (Lipinski definition) is 2. The first-order valence-corrected chi connectivity index (χ1v) is 4.85. The minimum atomic E-state index is 0.741. The van der Waals surface area contributed by atoms with Crippen molar-refractivity contribution in [2.45, 2.75) is 20.4 Å². The normalized spacial score (nSPS) is 10.2. The van der Waals surface area contributed by atoms with Crippen molar-refractivity contribution in [3.8, 4) is 6.07 Å². The van der Waals surface area contributed by atoms with Crippen LogP contribution in [0.5, 0.6) is 0 Å². The Morgan fingerprint density at radius 2 is 2.14 bits per heavy atom. The van der Waals surface area contributed by atoms with Crippen LogP contribution in [-0.2, 0) is 6.54 Å². The molecule has 2 heteroatoms. The molecule has 0 radical (unpaired) electrons. The third-order valence-electron chi connectivity index (χ3n) is 2.45. The minimum Gasteiger partial charge on any atom is -0.302 e. The molecule has 0 bridgehead atoms. The lowest BCUT2D eigenvalue weighted by atomic mass is 10.1. The summed E-state index contributed by atoms with van der Waals surface area (Å²) in [5, 5.41) is 8.72. The smallest absolute Gasteiger partial charge is 0.0991 e. The monoisotopic (exact) mass is 188 g/mol. The van der Waals surface area contributed by atoms with E-state index in [2.05, 4.69) is 31.9 Å². The summed E-state index contributed by atoms with van der Waals surface area (Å²) in [7, 11) is 2.09. The standard InChI is InChI=1S/C12H16N2/c1-4-14(3)9-12-6-5-11(8-13)7-10(12)2/h5-7H,4,9H2,1-3H3. The molecule has 1 aromatic rings. The average molecular weight is 188 g/mol. The Labute approximate surface area is 85.8 Å². The molecule has 0 heterocycles. The van der Waals surface area contributed by atoms with E-state index in [-0.39, 0.29) is 0 Å². The third kappa shape index (κ3) is 2.58. The molecule has 0 spiro atoms. The van der Waals surface area contributed by atoms with Crippen molar-refractivity contribution in [1.82, 2.24) is 4.90 Å². The van der Waals surface area contributed by atoms with E-state index >= 15 is 0 Å². The van der Waals surface area contributed by atoms with Gasteiger partial charge in [0.15, 0.2) is 0 Å². The molecule has 1 aromatic carbocycles. The zero-order valence-corrected chi connectivity index (χ0v) is 9.04. The molecule has 0 unspecified atom stereocenters. The van der Waals surface area contributed by atoms with Crippen LogP contribution in [-0.4, -0.2) is 18.5 Å². The van der Waals surface area contributed by atoms with Gasteiger partial charge in [-0.25, -0.2) is 0 Å². The maximum absolute atomic E-state index is 8.72. The molecule has 0 fully saturated rings. The highest BCUT2D eigenvalue weighted by Crippen LogP contribution is 2.12. The highest BCUT2D eigenvalue weighted by Gasteiger charge is 2.02. The van der Waals surface area contributed by atoms with Crippen LogP contribution in [0.25, 0.3) is 0 Å². The quantitative estimate of drug-likeness (QED) is 0.728. The Morgan fingerprint density at radius 3 is 2.64 bits per heavy atom. The average Bonchev–Trinajstić information content (AvgIpc) is 2.20. The summed E-state index contributed by atoms with van der Waals surface area (Å²) < 4.78 is 0. The van der Waals surface area contributed by atoms with Crippen LogP contribution in [0.2, 0.25) is 0 Å². The van der Waals surface area contributed by atoms with Gasteiger partial charge in [0, 0.05) is 6.54 Å². The van der Waals surface area contributed by atoms with Crippen LogP contribution in [0.4, 0.5) is 0 Å². The second kappa shape index (κ2) is 4.78. The first kappa shape index (κ1) is 10.7. The second-order valence-corrected chi connectivity index (χ2v) is 3.58. The van der Waals surface area contributed by atoms with Crippen molar-refractivity contribution in [1.29, 1.82) is 5.26 Å². The topological polar surface area (TPSA) is 27.0 Å². The molecule has 74 valence electrons. The van der Waals surface area contributed by atoms with Gasteiger partial charge in [0.25, 0.3) is 0 Å². The largest absolute Gasteiger partial charge is 0.302 e. The summed E-state index contributed by atoms with van der Waals surface area (Å²) >= 11 is 0. The van der Waals surface area contributed by atoms with Crippen LogP contribution < -0.4 is 0 Å². The molecule has 0 aromatic heterocycles. The van der Waals surface area contributed by atoms with Crippen LogP contribution in [0, 0.1) is 18.3 Å². The van der Waals surface area contributed by atoms with E-state index in [0.717, 1.165) is 18.7 Å². The van der Waals surface area contributed by atoms with E-state index in [1.54, 1.807) is 0 Å². The molecule has 0 N–H and O–H groups in total. The Hall–Kier alpha value is -1.33. The van der Waals surface area contributed by atoms with Gasteiger partial charge in [-0.3, -0.25) is 0 Å². The Kier molecular flexibility index (Phi) is 3.67. The molecule has 0 aliphatic heterocycles. The first-order chi connectivity index (χ1) is 6.67. The summed E-state index contributed by atoms with van der Waals surface area (Å²) in [4.78, 5) is 2.24. The predicted octanol–water partition coefficient (Wildman–Crippen LogP) is 2.32. The Balaban J connectivity index is 2.85. The van der Waals surface area contributed by atoms with E-state index in [9.17, 15) is 0 Å². The fraction of sp³-hybridized carbons (Fsp3) is 0.417. The van der Waals surface area contributed by atoms with E-state index in [1.807, 2.05) is 18.2 Å². The van der Waals surface area contributed by atoms with Crippen molar-refractivity contribution >= 4 is 0 Å². The first-order valence-electron chi connectivity index (χ1n) is 4.85. The highest BCUT2D eigenvalue weighted by molar-refractivity contribution is 5.37. The molecule has 0 amide bonds. The zero-order valence-electron chi connectivity index (χ0n) is 9.04. The molecule has 0 atom stereocenters. The van der Waals surface area contributed by atoms with Gasteiger partial charge in [-0.15, -0.1) is 0 Å². The Morgan fingerprint density at radius 1 is 1.43 bits per heavy atom. The summed E-state index contributed by atoms with van der Waals surface area (Å²) in [6.45, 7) is 6.19. The molecular formula is C12H16N2. The Bertz CT molecular complexity index is 350. The number of hydrogen-bond donors (Lipinski definition) is 0. The third-order valence-corrected chi connectivity index (χ3v) is 2.45. The molecule has 0 aliphatic carbocycles. The molecule has 1 rings (SSSR count). The molecule has 0 aliphatic rings. The number of rotatable bonds is 3. The highest BCUT2D eigenvalue weighted by atomic mass is 15.1. The fourth-order valence-electron chi connectivity index (χ4n) is 1.35. The van der Waals surface area contributed by atoms with Crippen molar-refractivity contribution in [3.05, 3.63) is 34.9 Å². The number of benzene rings is 1. The van der Waals surface area contributed by atoms with Gasteiger partial charge >= 0.3 is 0 Å². The van der Waals surface area contributed by atoms with Crippen LogP contribution in [0.15, 0.2) is 18.2 Å². The lowest BCUT2D eigenvalue weighted by Gasteiger charge is -2.15. The van der Waals surface area contributed by atoms with Crippen LogP contribution in [0.1, 0.15) is 23.6 Å². The molecule has 2 nitrogen and oxygen atoms in total. The van der Waals surface area contributed by atoms with Gasteiger partial charge in [-0.05, 0) is 43.8 Å². The van der Waals surface area contributed by atoms with Crippen molar-refractivity contribution in [2.75, 3.05) is 13.6 Å². The summed E-state index contributed by atoms with van der Waals surface area (Å²) in [5.74, 6) is 0. The maximum Gasteiger partial charge on any atom is 0.0991 e. The van der Waals surface area contributed by atoms with Crippen LogP contribution in [0.3, 0.4) is 0 Å². The molecular weight excluding hydrogens is 172 g/mol. The lowest BCUT2D eigenvalue weighted by molar-refractivity contribution is 0.345. The van der Waals surface area contributed by atoms with Crippen LogP contribution >= 0.6 is 0 Å².